The van der Waals surface area contributed by atoms with Crippen LogP contribution in [0.2, 0.25) is 0 Å². The first-order valence-electron chi connectivity index (χ1n) is 5.51. The topological polar surface area (TPSA) is 32.3 Å². The molecule has 2 rings (SSSR count). The predicted molar refractivity (Wildman–Crippen MR) is 57.6 cm³/mol. The van der Waals surface area contributed by atoms with Gasteiger partial charge in [0.15, 0.2) is 0 Å². The molecule has 1 aliphatic rings. The summed E-state index contributed by atoms with van der Waals surface area (Å²) in [6.45, 7) is 1.26. The van der Waals surface area contributed by atoms with Gasteiger partial charge in [0.25, 0.3) is 0 Å². The van der Waals surface area contributed by atoms with Crippen molar-refractivity contribution >= 4 is 0 Å². The van der Waals surface area contributed by atoms with Crippen molar-refractivity contribution in [3.05, 3.63) is 35.4 Å². The summed E-state index contributed by atoms with van der Waals surface area (Å²) in [5.41, 5.74) is 0.0162. The molecule has 94 valence electrons. The van der Waals surface area contributed by atoms with Gasteiger partial charge in [0.1, 0.15) is 0 Å². The van der Waals surface area contributed by atoms with E-state index in [1.807, 2.05) is 0 Å². The molecule has 0 spiro atoms. The Labute approximate surface area is 97.5 Å². The van der Waals surface area contributed by atoms with Crippen molar-refractivity contribution in [2.45, 2.75) is 12.1 Å². The van der Waals surface area contributed by atoms with E-state index < -0.39 is 11.7 Å². The third kappa shape index (κ3) is 2.61. The van der Waals surface area contributed by atoms with Crippen LogP contribution >= 0.6 is 0 Å². The van der Waals surface area contributed by atoms with Gasteiger partial charge in [-0.1, -0.05) is 18.2 Å². The Morgan fingerprint density at radius 3 is 2.71 bits per heavy atom. The maximum atomic E-state index is 12.6. The van der Waals surface area contributed by atoms with Crippen LogP contribution in [0.3, 0.4) is 0 Å². The Morgan fingerprint density at radius 1 is 1.29 bits per heavy atom. The Hall–Kier alpha value is -1.07. The molecule has 2 N–H and O–H groups in total. The summed E-state index contributed by atoms with van der Waals surface area (Å²) in [4.78, 5) is 0. The number of hydrogen-bond acceptors (Lipinski definition) is 2. The molecule has 1 heterocycles. The zero-order chi connectivity index (χ0) is 12.5. The third-order valence-electron chi connectivity index (χ3n) is 3.22. The van der Waals surface area contributed by atoms with Crippen LogP contribution in [-0.2, 0) is 6.18 Å². The number of hydrogen-bond donors (Lipinski definition) is 2. The Kier molecular flexibility index (Phi) is 3.40. The Morgan fingerprint density at radius 2 is 2.06 bits per heavy atom. The standard InChI is InChI=1S/C12H14F3NO/c13-12(14,15)10-3-1-2-8(4-10)11-6-16-5-9(11)7-17/h1-4,9,11,16-17H,5-7H2/t9-,11-/m1/s1. The third-order valence-corrected chi connectivity index (χ3v) is 3.22. The lowest BCUT2D eigenvalue weighted by Crippen LogP contribution is -2.15. The van der Waals surface area contributed by atoms with Crippen LogP contribution in [0.15, 0.2) is 24.3 Å². The molecule has 5 heteroatoms. The number of nitrogens with one attached hydrogen (secondary N) is 1. The van der Waals surface area contributed by atoms with E-state index in [1.54, 1.807) is 6.07 Å². The highest BCUT2D eigenvalue weighted by atomic mass is 19.4. The lowest BCUT2D eigenvalue weighted by atomic mass is 9.88. The van der Waals surface area contributed by atoms with E-state index in [2.05, 4.69) is 5.32 Å². The molecule has 1 aliphatic heterocycles. The van der Waals surface area contributed by atoms with Gasteiger partial charge in [-0.25, -0.2) is 0 Å². The molecule has 0 unspecified atom stereocenters. The van der Waals surface area contributed by atoms with E-state index >= 15 is 0 Å². The predicted octanol–water partition coefficient (Wildman–Crippen LogP) is 2.00. The first-order chi connectivity index (χ1) is 8.02. The second-order valence-electron chi connectivity index (χ2n) is 4.33. The Bertz CT molecular complexity index is 392. The van der Waals surface area contributed by atoms with Crippen molar-refractivity contribution in [2.75, 3.05) is 19.7 Å². The molecule has 2 nitrogen and oxygen atoms in total. The van der Waals surface area contributed by atoms with Gasteiger partial charge in [-0.2, -0.15) is 13.2 Å². The number of halogens is 3. The Balaban J connectivity index is 2.27. The van der Waals surface area contributed by atoms with E-state index in [4.69, 9.17) is 5.11 Å². The van der Waals surface area contributed by atoms with E-state index in [-0.39, 0.29) is 18.4 Å². The van der Waals surface area contributed by atoms with E-state index in [1.165, 1.54) is 12.1 Å². The second kappa shape index (κ2) is 4.66. The van der Waals surface area contributed by atoms with Crippen molar-refractivity contribution in [3.8, 4) is 0 Å². The maximum Gasteiger partial charge on any atom is 0.416 e. The van der Waals surface area contributed by atoms with E-state index in [9.17, 15) is 13.2 Å². The smallest absolute Gasteiger partial charge is 0.396 e. The molecule has 0 aliphatic carbocycles. The number of alkyl halides is 3. The summed E-state index contributed by atoms with van der Waals surface area (Å²) in [5, 5.41) is 12.3. The molecule has 17 heavy (non-hydrogen) atoms. The number of aliphatic hydroxyl groups excluding tert-OH is 1. The molecule has 2 atom stereocenters. The fraction of sp³-hybridized carbons (Fsp3) is 0.500. The van der Waals surface area contributed by atoms with Gasteiger partial charge in [0, 0.05) is 31.5 Å². The van der Waals surface area contributed by atoms with Gasteiger partial charge in [-0.3, -0.25) is 0 Å². The summed E-state index contributed by atoms with van der Waals surface area (Å²) >= 11 is 0. The zero-order valence-corrected chi connectivity index (χ0v) is 9.17. The maximum absolute atomic E-state index is 12.6. The lowest BCUT2D eigenvalue weighted by Gasteiger charge is -2.18. The fourth-order valence-corrected chi connectivity index (χ4v) is 2.26. The fourth-order valence-electron chi connectivity index (χ4n) is 2.26. The van der Waals surface area contributed by atoms with Gasteiger partial charge in [0.2, 0.25) is 0 Å². The molecule has 1 aromatic rings. The average Bonchev–Trinajstić information content (AvgIpc) is 2.76. The van der Waals surface area contributed by atoms with Gasteiger partial charge < -0.3 is 10.4 Å². The molecule has 0 aromatic heterocycles. The minimum atomic E-state index is -4.31. The van der Waals surface area contributed by atoms with E-state index in [0.29, 0.717) is 18.7 Å². The minimum absolute atomic E-state index is 0.00140. The van der Waals surface area contributed by atoms with Crippen LogP contribution in [0, 0.1) is 5.92 Å². The second-order valence-corrected chi connectivity index (χ2v) is 4.33. The van der Waals surface area contributed by atoms with Crippen LogP contribution in [0.1, 0.15) is 17.0 Å². The van der Waals surface area contributed by atoms with Crippen LogP contribution in [0.4, 0.5) is 13.2 Å². The summed E-state index contributed by atoms with van der Waals surface area (Å²) in [7, 11) is 0. The molecule has 1 saturated heterocycles. The van der Waals surface area contributed by atoms with Crippen molar-refractivity contribution in [1.82, 2.24) is 5.32 Å². The number of rotatable bonds is 2. The summed E-state index contributed by atoms with van der Waals surface area (Å²) in [6, 6.07) is 5.36. The highest BCUT2D eigenvalue weighted by Crippen LogP contribution is 2.33. The number of aliphatic hydroxyl groups is 1. The van der Waals surface area contributed by atoms with Crippen LogP contribution in [-0.4, -0.2) is 24.8 Å². The summed E-state index contributed by atoms with van der Waals surface area (Å²) < 4.78 is 37.7. The minimum Gasteiger partial charge on any atom is -0.396 e. The highest BCUT2D eigenvalue weighted by Gasteiger charge is 2.33. The molecule has 0 amide bonds. The molecular weight excluding hydrogens is 231 g/mol. The van der Waals surface area contributed by atoms with Gasteiger partial charge >= 0.3 is 6.18 Å². The van der Waals surface area contributed by atoms with Crippen molar-refractivity contribution < 1.29 is 18.3 Å². The molecule has 0 bridgehead atoms. The SMILES string of the molecule is OC[C@H]1CNC[C@@H]1c1cccc(C(F)(F)F)c1. The van der Waals surface area contributed by atoms with Gasteiger partial charge in [-0.05, 0) is 11.6 Å². The normalized spacial score (nSPS) is 25.2. The van der Waals surface area contributed by atoms with Crippen LogP contribution < -0.4 is 5.32 Å². The number of benzene rings is 1. The largest absolute Gasteiger partial charge is 0.416 e. The van der Waals surface area contributed by atoms with Crippen molar-refractivity contribution in [1.29, 1.82) is 0 Å². The molecule has 0 saturated carbocycles. The van der Waals surface area contributed by atoms with E-state index in [0.717, 1.165) is 6.07 Å². The summed E-state index contributed by atoms with van der Waals surface area (Å²) in [5.74, 6) is -0.0409. The molecule has 0 radical (unpaired) electrons. The van der Waals surface area contributed by atoms with Crippen molar-refractivity contribution in [2.24, 2.45) is 5.92 Å². The summed E-state index contributed by atoms with van der Waals surface area (Å²) in [6.07, 6.45) is -4.31. The first-order valence-corrected chi connectivity index (χ1v) is 5.51. The van der Waals surface area contributed by atoms with Crippen LogP contribution in [0.5, 0.6) is 0 Å². The van der Waals surface area contributed by atoms with Crippen molar-refractivity contribution in [3.63, 3.8) is 0 Å². The zero-order valence-electron chi connectivity index (χ0n) is 9.17. The monoisotopic (exact) mass is 245 g/mol. The van der Waals surface area contributed by atoms with Crippen LogP contribution in [0.25, 0.3) is 0 Å². The van der Waals surface area contributed by atoms with Gasteiger partial charge in [0.05, 0.1) is 5.56 Å². The molecule has 1 aromatic carbocycles. The van der Waals surface area contributed by atoms with Gasteiger partial charge in [-0.15, -0.1) is 0 Å². The average molecular weight is 245 g/mol. The quantitative estimate of drug-likeness (QED) is 0.835. The lowest BCUT2D eigenvalue weighted by molar-refractivity contribution is -0.137. The molecular formula is C12H14F3NO. The highest BCUT2D eigenvalue weighted by molar-refractivity contribution is 5.29. The first kappa shape index (κ1) is 12.4. The molecule has 1 fully saturated rings.